The first-order chi connectivity index (χ1) is 8.89. The molecule has 2 rings (SSSR count). The smallest absolute Gasteiger partial charge is 0.304 e. The van der Waals surface area contributed by atoms with Gasteiger partial charge in [0.2, 0.25) is 0 Å². The second-order valence-corrected chi connectivity index (χ2v) is 9.10. The molecule has 1 N–H and O–H groups in total. The van der Waals surface area contributed by atoms with Crippen LogP contribution in [0.5, 0.6) is 0 Å². The van der Waals surface area contributed by atoms with Gasteiger partial charge < -0.3 is 5.11 Å². The molecule has 0 spiro atoms. The molecule has 19 heavy (non-hydrogen) atoms. The van der Waals surface area contributed by atoms with E-state index in [0.29, 0.717) is 17.8 Å². The summed E-state index contributed by atoms with van der Waals surface area (Å²) < 4.78 is 23.5. The van der Waals surface area contributed by atoms with Gasteiger partial charge >= 0.3 is 5.97 Å². The lowest BCUT2D eigenvalue weighted by Gasteiger charge is -2.44. The highest BCUT2D eigenvalue weighted by Crippen LogP contribution is 2.32. The summed E-state index contributed by atoms with van der Waals surface area (Å²) in [7, 11) is -3.08. The van der Waals surface area contributed by atoms with E-state index in [1.807, 2.05) is 11.8 Å². The Morgan fingerprint density at radius 3 is 2.84 bits per heavy atom. The highest BCUT2D eigenvalue weighted by Gasteiger charge is 2.38. The molecule has 2 fully saturated rings. The third-order valence-corrected chi connectivity index (χ3v) is 7.04. The number of hydrogen-bond acceptors (Lipinski definition) is 5. The first-order valence-electron chi connectivity index (χ1n) is 6.68. The maximum atomic E-state index is 11.7. The van der Waals surface area contributed by atoms with Gasteiger partial charge in [0, 0.05) is 23.9 Å². The Morgan fingerprint density at radius 2 is 2.21 bits per heavy atom. The van der Waals surface area contributed by atoms with Crippen LogP contribution in [-0.2, 0) is 14.6 Å². The van der Waals surface area contributed by atoms with Crippen LogP contribution in [0, 0.1) is 0 Å². The van der Waals surface area contributed by atoms with Gasteiger partial charge in [0.25, 0.3) is 0 Å². The molecular weight excluding hydrogens is 286 g/mol. The number of sulfone groups is 1. The first-order valence-corrected chi connectivity index (χ1v) is 9.55. The Balaban J connectivity index is 2.14. The van der Waals surface area contributed by atoms with Crippen molar-refractivity contribution in [1.29, 1.82) is 0 Å². The maximum absolute atomic E-state index is 11.7. The third-order valence-electron chi connectivity index (χ3n) is 3.98. The Kier molecular flexibility index (Phi) is 4.79. The van der Waals surface area contributed by atoms with Gasteiger partial charge in [-0.2, -0.15) is 11.8 Å². The largest absolute Gasteiger partial charge is 0.481 e. The molecule has 2 saturated heterocycles. The van der Waals surface area contributed by atoms with Crippen molar-refractivity contribution in [2.75, 3.05) is 23.8 Å². The van der Waals surface area contributed by atoms with Gasteiger partial charge in [-0.05, 0) is 18.6 Å². The number of nitrogens with zero attached hydrogens (tertiary/aromatic N) is 1. The molecule has 110 valence electrons. The van der Waals surface area contributed by atoms with Crippen LogP contribution in [0.25, 0.3) is 0 Å². The molecule has 0 aliphatic carbocycles. The molecule has 0 aromatic carbocycles. The second kappa shape index (κ2) is 6.01. The minimum Gasteiger partial charge on any atom is -0.481 e. The Labute approximate surface area is 118 Å². The zero-order valence-corrected chi connectivity index (χ0v) is 12.8. The summed E-state index contributed by atoms with van der Waals surface area (Å²) >= 11 is 1.90. The van der Waals surface area contributed by atoms with E-state index >= 15 is 0 Å². The van der Waals surface area contributed by atoms with Crippen LogP contribution >= 0.6 is 11.8 Å². The van der Waals surface area contributed by atoms with Gasteiger partial charge in [0.15, 0.2) is 9.84 Å². The van der Waals surface area contributed by atoms with Crippen molar-refractivity contribution in [2.45, 2.75) is 43.5 Å². The van der Waals surface area contributed by atoms with Crippen molar-refractivity contribution in [3.63, 3.8) is 0 Å². The Hall–Kier alpha value is -0.270. The molecule has 3 unspecified atom stereocenters. The van der Waals surface area contributed by atoms with Crippen LogP contribution < -0.4 is 0 Å². The van der Waals surface area contributed by atoms with Crippen LogP contribution in [0.3, 0.4) is 0 Å². The van der Waals surface area contributed by atoms with Crippen molar-refractivity contribution in [2.24, 2.45) is 0 Å². The van der Waals surface area contributed by atoms with E-state index < -0.39 is 15.8 Å². The summed E-state index contributed by atoms with van der Waals surface area (Å²) in [5, 5.41) is 9.44. The van der Waals surface area contributed by atoms with E-state index in [2.05, 4.69) is 11.8 Å². The van der Waals surface area contributed by atoms with Crippen molar-refractivity contribution < 1.29 is 18.3 Å². The average molecular weight is 307 g/mol. The van der Waals surface area contributed by atoms with Gasteiger partial charge in [-0.25, -0.2) is 8.42 Å². The third kappa shape index (κ3) is 3.86. The molecule has 3 atom stereocenters. The van der Waals surface area contributed by atoms with E-state index in [1.54, 1.807) is 0 Å². The van der Waals surface area contributed by atoms with E-state index in [1.165, 1.54) is 0 Å². The van der Waals surface area contributed by atoms with E-state index in [-0.39, 0.29) is 24.0 Å². The van der Waals surface area contributed by atoms with E-state index in [4.69, 9.17) is 5.11 Å². The van der Waals surface area contributed by atoms with Crippen LogP contribution in [0.4, 0.5) is 0 Å². The Bertz CT molecular complexity index is 437. The Morgan fingerprint density at radius 1 is 1.47 bits per heavy atom. The van der Waals surface area contributed by atoms with Crippen LogP contribution in [0.2, 0.25) is 0 Å². The van der Waals surface area contributed by atoms with Gasteiger partial charge in [-0.15, -0.1) is 0 Å². The van der Waals surface area contributed by atoms with Gasteiger partial charge in [0.1, 0.15) is 0 Å². The van der Waals surface area contributed by atoms with Crippen molar-refractivity contribution >= 4 is 27.6 Å². The highest BCUT2D eigenvalue weighted by molar-refractivity contribution is 8.00. The zero-order chi connectivity index (χ0) is 14.0. The fraction of sp³-hybridized carbons (Fsp3) is 0.917. The predicted octanol–water partition coefficient (Wildman–Crippen LogP) is 0.844. The number of hydrogen-bond donors (Lipinski definition) is 1. The van der Waals surface area contributed by atoms with Gasteiger partial charge in [0.05, 0.1) is 17.9 Å². The monoisotopic (exact) mass is 307 g/mol. The predicted molar refractivity (Wildman–Crippen MR) is 76.3 cm³/mol. The number of carboxylic acid groups (broad SMARTS) is 1. The lowest BCUT2D eigenvalue weighted by molar-refractivity contribution is -0.138. The molecule has 0 bridgehead atoms. The number of carboxylic acids is 1. The number of carbonyl (C=O) groups is 1. The molecule has 2 aliphatic rings. The maximum Gasteiger partial charge on any atom is 0.304 e. The summed E-state index contributed by atoms with van der Waals surface area (Å²) in [4.78, 5) is 13.1. The topological polar surface area (TPSA) is 74.7 Å². The van der Waals surface area contributed by atoms with Crippen LogP contribution in [-0.4, -0.2) is 65.5 Å². The normalized spacial score (nSPS) is 35.9. The second-order valence-electron chi connectivity index (χ2n) is 5.39. The van der Waals surface area contributed by atoms with Crippen molar-refractivity contribution in [3.05, 3.63) is 0 Å². The number of rotatable bonds is 3. The molecule has 0 aromatic rings. The summed E-state index contributed by atoms with van der Waals surface area (Å²) in [6, 6.07) is -0.0407. The number of aliphatic carboxylic acids is 1. The molecule has 0 aromatic heterocycles. The SMILES string of the molecule is CC1SCCCC1N1CCS(=O)(=O)CC1CC(=O)O. The molecule has 0 saturated carbocycles. The quantitative estimate of drug-likeness (QED) is 0.833. The van der Waals surface area contributed by atoms with Gasteiger partial charge in [-0.3, -0.25) is 9.69 Å². The minimum absolute atomic E-state index is 0.00676. The van der Waals surface area contributed by atoms with Crippen LogP contribution in [0.1, 0.15) is 26.2 Å². The lowest BCUT2D eigenvalue weighted by Crippen LogP contribution is -2.56. The average Bonchev–Trinajstić information content (AvgIpc) is 2.29. The molecule has 2 aliphatic heterocycles. The molecule has 2 heterocycles. The molecule has 0 amide bonds. The number of thioether (sulfide) groups is 1. The fourth-order valence-electron chi connectivity index (χ4n) is 3.06. The molecule has 0 radical (unpaired) electrons. The fourth-order valence-corrected chi connectivity index (χ4v) is 5.83. The molecule has 5 nitrogen and oxygen atoms in total. The van der Waals surface area contributed by atoms with E-state index in [9.17, 15) is 13.2 Å². The zero-order valence-electron chi connectivity index (χ0n) is 11.1. The van der Waals surface area contributed by atoms with Gasteiger partial charge in [-0.1, -0.05) is 6.92 Å². The van der Waals surface area contributed by atoms with Crippen LogP contribution in [0.15, 0.2) is 0 Å². The summed E-state index contributed by atoms with van der Waals surface area (Å²) in [6.07, 6.45) is 2.10. The highest BCUT2D eigenvalue weighted by atomic mass is 32.2. The lowest BCUT2D eigenvalue weighted by atomic mass is 10.0. The summed E-state index contributed by atoms with van der Waals surface area (Å²) in [5.41, 5.74) is 0. The standard InChI is InChI=1S/C12H21NO4S2/c1-9-11(3-2-5-18-9)13-4-6-19(16,17)8-10(13)7-12(14)15/h9-11H,2-8H2,1H3,(H,14,15). The summed E-state index contributed by atoms with van der Waals surface area (Å²) in [6.45, 7) is 2.64. The molecule has 7 heteroatoms. The first kappa shape index (κ1) is 15.1. The van der Waals surface area contributed by atoms with E-state index in [0.717, 1.165) is 18.6 Å². The molecular formula is C12H21NO4S2. The summed E-state index contributed by atoms with van der Waals surface area (Å²) in [5.74, 6) is 0.389. The van der Waals surface area contributed by atoms with Crippen molar-refractivity contribution in [1.82, 2.24) is 4.90 Å². The minimum atomic E-state index is -3.08. The van der Waals surface area contributed by atoms with Crippen molar-refractivity contribution in [3.8, 4) is 0 Å².